The van der Waals surface area contributed by atoms with Crippen LogP contribution in [-0.2, 0) is 31.5 Å². The van der Waals surface area contributed by atoms with Crippen molar-refractivity contribution in [2.75, 3.05) is 6.54 Å². The lowest BCUT2D eigenvalue weighted by molar-refractivity contribution is -0.348. The summed E-state index contributed by atoms with van der Waals surface area (Å²) in [6.07, 6.45) is -10.1. The highest BCUT2D eigenvalue weighted by Crippen LogP contribution is 2.57. The lowest BCUT2D eigenvalue weighted by Crippen LogP contribution is -2.54. The minimum atomic E-state index is -6.33. The van der Waals surface area contributed by atoms with E-state index in [1.54, 1.807) is 0 Å². The molecule has 0 radical (unpaired) electrons. The van der Waals surface area contributed by atoms with Crippen LogP contribution >= 0.6 is 0 Å². The molecule has 5 atom stereocenters. The zero-order chi connectivity index (χ0) is 31.2. The predicted molar refractivity (Wildman–Crippen MR) is 138 cm³/mol. The van der Waals surface area contributed by atoms with Gasteiger partial charge in [-0.1, -0.05) is 18.2 Å². The third-order valence-electron chi connectivity index (χ3n) is 9.77. The molecule has 234 valence electrons. The second kappa shape index (κ2) is 9.88. The highest BCUT2D eigenvalue weighted by atomic mass is 32.2. The molecule has 0 saturated carbocycles. The van der Waals surface area contributed by atoms with Crippen LogP contribution in [-0.4, -0.2) is 56.2 Å². The Morgan fingerprint density at radius 1 is 0.884 bits per heavy atom. The third kappa shape index (κ3) is 4.40. The molecule has 2 aromatic rings. The van der Waals surface area contributed by atoms with Crippen molar-refractivity contribution in [2.45, 2.75) is 90.7 Å². The van der Waals surface area contributed by atoms with Gasteiger partial charge in [-0.15, -0.1) is 0 Å². The second-order valence-electron chi connectivity index (χ2n) is 12.0. The number of hydrogen-bond acceptors (Lipinski definition) is 4. The fourth-order valence-corrected chi connectivity index (χ4v) is 10.2. The summed E-state index contributed by atoms with van der Waals surface area (Å²) < 4.78 is 137. The molecular weight excluding hydrogens is 608 g/mol. The van der Waals surface area contributed by atoms with E-state index in [0.717, 1.165) is 43.2 Å². The molecule has 5 nitrogen and oxygen atoms in total. The Labute approximate surface area is 242 Å². The van der Waals surface area contributed by atoms with E-state index in [-0.39, 0.29) is 65.7 Å². The number of carbonyl (C=O) groups is 1. The van der Waals surface area contributed by atoms with Crippen LogP contribution in [0.25, 0.3) is 0 Å². The number of nitrogens with zero attached hydrogens (tertiary/aromatic N) is 1. The summed E-state index contributed by atoms with van der Waals surface area (Å²) in [5, 5.41) is 3.44. The molecule has 0 spiro atoms. The van der Waals surface area contributed by atoms with Gasteiger partial charge in [0, 0.05) is 30.1 Å². The number of benzene rings is 2. The monoisotopic (exact) mass is 636 g/mol. The minimum Gasteiger partial charge on any atom is -0.337 e. The summed E-state index contributed by atoms with van der Waals surface area (Å²) >= 11 is 0. The summed E-state index contributed by atoms with van der Waals surface area (Å²) in [6.45, 7) is -0.0114. The van der Waals surface area contributed by atoms with E-state index in [2.05, 4.69) is 5.32 Å². The van der Waals surface area contributed by atoms with Crippen molar-refractivity contribution < 1.29 is 48.3 Å². The smallest absolute Gasteiger partial charge is 0.337 e. The van der Waals surface area contributed by atoms with Gasteiger partial charge in [0.2, 0.25) is 5.91 Å². The number of nitrogens with one attached hydrogen (secondary N) is 1. The molecule has 4 aliphatic rings. The zero-order valence-corrected chi connectivity index (χ0v) is 23.4. The summed E-state index contributed by atoms with van der Waals surface area (Å²) in [7, 11) is -4.51. The summed E-state index contributed by atoms with van der Waals surface area (Å²) in [6, 6.07) is 4.87. The van der Waals surface area contributed by atoms with Gasteiger partial charge in [0.15, 0.2) is 9.84 Å². The molecule has 2 bridgehead atoms. The molecule has 6 rings (SSSR count). The Hall–Kier alpha value is -2.74. The summed E-state index contributed by atoms with van der Waals surface area (Å²) in [5.74, 6) is -1.32. The van der Waals surface area contributed by atoms with Crippen molar-refractivity contribution in [3.05, 3.63) is 65.0 Å². The SMILES string of the molecule is O=C(C1CC2CC[C@H](C1)N2)N1CC[C@@]2(S(=O)(=O)c3ccc(F)cc3)c3ccc(C(F)(C(F)(F)F)C(F)(F)F)cc3CC[C@@H]12. The van der Waals surface area contributed by atoms with Crippen molar-refractivity contribution in [2.24, 2.45) is 5.92 Å². The van der Waals surface area contributed by atoms with Gasteiger partial charge in [0.1, 0.15) is 10.6 Å². The second-order valence-corrected chi connectivity index (χ2v) is 14.2. The number of aryl methyl sites for hydroxylation is 1. The molecule has 1 aliphatic carbocycles. The maximum absolute atomic E-state index is 15.0. The number of carbonyl (C=O) groups excluding carboxylic acids is 1. The third-order valence-corrected chi connectivity index (χ3v) is 12.3. The van der Waals surface area contributed by atoms with Crippen LogP contribution in [0.1, 0.15) is 55.2 Å². The molecule has 3 saturated heterocycles. The fraction of sp³-hybridized carbons (Fsp3) is 0.552. The minimum absolute atomic E-state index is 0.0114. The van der Waals surface area contributed by atoms with Crippen molar-refractivity contribution in [1.29, 1.82) is 0 Å². The van der Waals surface area contributed by atoms with Crippen molar-refractivity contribution in [3.8, 4) is 0 Å². The van der Waals surface area contributed by atoms with E-state index in [0.29, 0.717) is 25.0 Å². The normalized spacial score (nSPS) is 29.3. The Kier molecular flexibility index (Phi) is 6.96. The van der Waals surface area contributed by atoms with Crippen molar-refractivity contribution >= 4 is 15.7 Å². The predicted octanol–water partition coefficient (Wildman–Crippen LogP) is 5.86. The lowest BCUT2D eigenvalue weighted by Gasteiger charge is -2.44. The molecule has 0 aromatic heterocycles. The van der Waals surface area contributed by atoms with E-state index in [1.807, 2.05) is 0 Å². The van der Waals surface area contributed by atoms with Crippen molar-refractivity contribution in [1.82, 2.24) is 10.2 Å². The topological polar surface area (TPSA) is 66.5 Å². The first-order valence-electron chi connectivity index (χ1n) is 14.0. The molecular formula is C29H28F8N2O3S. The molecule has 14 heteroatoms. The van der Waals surface area contributed by atoms with Gasteiger partial charge >= 0.3 is 18.0 Å². The van der Waals surface area contributed by atoms with Gasteiger partial charge in [0.05, 0.1) is 10.9 Å². The fourth-order valence-electron chi connectivity index (χ4n) is 7.81. The molecule has 3 aliphatic heterocycles. The number of likely N-dealkylation sites (tertiary alicyclic amines) is 1. The van der Waals surface area contributed by atoms with Crippen LogP contribution < -0.4 is 5.32 Å². The number of alkyl halides is 7. The Balaban J connectivity index is 1.48. The number of hydrogen-bond donors (Lipinski definition) is 1. The van der Waals surface area contributed by atoms with Crippen LogP contribution in [0.3, 0.4) is 0 Å². The van der Waals surface area contributed by atoms with E-state index < -0.39 is 50.0 Å². The zero-order valence-electron chi connectivity index (χ0n) is 22.6. The Morgan fingerprint density at radius 2 is 1.49 bits per heavy atom. The Morgan fingerprint density at radius 3 is 2.07 bits per heavy atom. The molecule has 3 fully saturated rings. The highest BCUT2D eigenvalue weighted by Gasteiger charge is 2.74. The van der Waals surface area contributed by atoms with Crippen LogP contribution in [0.4, 0.5) is 35.1 Å². The number of halogens is 8. The number of fused-ring (bicyclic) bond motifs is 5. The van der Waals surface area contributed by atoms with Gasteiger partial charge in [0.25, 0.3) is 0 Å². The molecule has 1 N–H and O–H groups in total. The summed E-state index contributed by atoms with van der Waals surface area (Å²) in [5.41, 5.74) is -7.63. The first-order chi connectivity index (χ1) is 20.0. The van der Waals surface area contributed by atoms with E-state index >= 15 is 0 Å². The molecule has 3 heterocycles. The molecule has 43 heavy (non-hydrogen) atoms. The van der Waals surface area contributed by atoms with Gasteiger partial charge in [-0.3, -0.25) is 4.79 Å². The molecule has 2 unspecified atom stereocenters. The maximum Gasteiger partial charge on any atom is 0.435 e. The van der Waals surface area contributed by atoms with Gasteiger partial charge in [-0.25, -0.2) is 17.2 Å². The number of rotatable bonds is 4. The Bertz CT molecular complexity index is 1520. The van der Waals surface area contributed by atoms with Gasteiger partial charge < -0.3 is 10.2 Å². The van der Waals surface area contributed by atoms with Gasteiger partial charge in [-0.05, 0) is 80.3 Å². The van der Waals surface area contributed by atoms with Crippen LogP contribution in [0.15, 0.2) is 47.4 Å². The van der Waals surface area contributed by atoms with E-state index in [1.165, 1.54) is 4.90 Å². The number of amides is 1. The average Bonchev–Trinajstić information content (AvgIpc) is 3.51. The quantitative estimate of drug-likeness (QED) is 0.338. The van der Waals surface area contributed by atoms with Crippen molar-refractivity contribution in [3.63, 3.8) is 0 Å². The maximum atomic E-state index is 15.0. The first kappa shape index (κ1) is 30.3. The van der Waals surface area contributed by atoms with Crippen LogP contribution in [0.5, 0.6) is 0 Å². The molecule has 2 aromatic carbocycles. The van der Waals surface area contributed by atoms with E-state index in [9.17, 15) is 48.3 Å². The van der Waals surface area contributed by atoms with Crippen LogP contribution in [0, 0.1) is 11.7 Å². The molecule has 1 amide bonds. The lowest BCUT2D eigenvalue weighted by atomic mass is 9.76. The highest BCUT2D eigenvalue weighted by molar-refractivity contribution is 7.92. The average molecular weight is 637 g/mol. The van der Waals surface area contributed by atoms with Gasteiger partial charge in [-0.2, -0.15) is 26.3 Å². The number of piperidine rings is 1. The summed E-state index contributed by atoms with van der Waals surface area (Å²) in [4.78, 5) is 15.1. The first-order valence-corrected chi connectivity index (χ1v) is 15.5. The largest absolute Gasteiger partial charge is 0.435 e. The van der Waals surface area contributed by atoms with E-state index in [4.69, 9.17) is 0 Å². The number of sulfone groups is 1. The standard InChI is InChI=1S/C29H28F8N2O3S/c30-19-3-7-22(8-4-19)43(41,42)26-11-12-39(25(40)17-14-20-5-6-21(15-17)38-20)24(26)10-1-16-13-18(2-9-23(16)26)27(31,28(32,33)34)29(35,36)37/h2-4,7-9,13,17,20-21,24,38H,1,5-6,10-12,14-15H2/t17?,20-,21?,24-,26-/m1/s1. The van der Waals surface area contributed by atoms with Crippen LogP contribution in [0.2, 0.25) is 0 Å².